The van der Waals surface area contributed by atoms with E-state index in [1.807, 2.05) is 0 Å². The largest absolute Gasteiger partial charge is 0.238 e. The molecule has 0 saturated carbocycles. The van der Waals surface area contributed by atoms with Crippen molar-refractivity contribution in [3.8, 4) is 0 Å². The molecular formula is C4H10N2OS. The van der Waals surface area contributed by atoms with Crippen LogP contribution in [-0.4, -0.2) is 21.6 Å². The van der Waals surface area contributed by atoms with Crippen molar-refractivity contribution in [1.29, 1.82) is 0 Å². The van der Waals surface area contributed by atoms with E-state index >= 15 is 0 Å². The SMILES string of the molecule is CC1CN(S(N)=O)C1. The quantitative estimate of drug-likeness (QED) is 0.515. The van der Waals surface area contributed by atoms with Crippen molar-refractivity contribution >= 4 is 11.2 Å². The Hall–Kier alpha value is 0.0700. The molecule has 0 aromatic rings. The summed E-state index contributed by atoms with van der Waals surface area (Å²) in [5, 5.41) is 5.06. The summed E-state index contributed by atoms with van der Waals surface area (Å²) in [5.74, 6) is 0.683. The first-order valence-electron chi connectivity index (χ1n) is 2.61. The van der Waals surface area contributed by atoms with Crippen LogP contribution < -0.4 is 5.14 Å². The van der Waals surface area contributed by atoms with Crippen LogP contribution in [0.2, 0.25) is 0 Å². The lowest BCUT2D eigenvalue weighted by atomic mass is 10.1. The van der Waals surface area contributed by atoms with E-state index in [0.29, 0.717) is 5.92 Å². The van der Waals surface area contributed by atoms with Crippen LogP contribution in [-0.2, 0) is 11.2 Å². The Labute approximate surface area is 51.6 Å². The second kappa shape index (κ2) is 2.13. The summed E-state index contributed by atoms with van der Waals surface area (Å²) in [5.41, 5.74) is 0. The minimum absolute atomic E-state index is 0.683. The maximum Gasteiger partial charge on any atom is 0.167 e. The Morgan fingerprint density at radius 2 is 2.25 bits per heavy atom. The van der Waals surface area contributed by atoms with Crippen LogP contribution in [0.3, 0.4) is 0 Å². The lowest BCUT2D eigenvalue weighted by Crippen LogP contribution is -2.48. The molecule has 1 aliphatic rings. The Morgan fingerprint density at radius 1 is 1.75 bits per heavy atom. The molecule has 1 unspecified atom stereocenters. The minimum atomic E-state index is -1.21. The molecule has 1 saturated heterocycles. The van der Waals surface area contributed by atoms with Crippen molar-refractivity contribution in [3.63, 3.8) is 0 Å². The summed E-state index contributed by atoms with van der Waals surface area (Å²) in [6, 6.07) is 0. The molecule has 1 rings (SSSR count). The van der Waals surface area contributed by atoms with Crippen LogP contribution in [0.25, 0.3) is 0 Å². The molecule has 2 N–H and O–H groups in total. The molecule has 48 valence electrons. The monoisotopic (exact) mass is 134 g/mol. The van der Waals surface area contributed by atoms with Crippen LogP contribution in [0.15, 0.2) is 0 Å². The van der Waals surface area contributed by atoms with Crippen molar-refractivity contribution in [3.05, 3.63) is 0 Å². The van der Waals surface area contributed by atoms with Gasteiger partial charge in [-0.1, -0.05) is 6.92 Å². The summed E-state index contributed by atoms with van der Waals surface area (Å²) in [7, 11) is 0. The molecule has 1 atom stereocenters. The minimum Gasteiger partial charge on any atom is -0.238 e. The molecule has 4 heteroatoms. The van der Waals surface area contributed by atoms with Crippen molar-refractivity contribution in [2.24, 2.45) is 11.1 Å². The van der Waals surface area contributed by atoms with Crippen LogP contribution in [0.4, 0.5) is 0 Å². The summed E-state index contributed by atoms with van der Waals surface area (Å²) in [4.78, 5) is 0. The first kappa shape index (κ1) is 6.19. The maximum atomic E-state index is 10.4. The molecule has 0 aromatic carbocycles. The zero-order valence-electron chi connectivity index (χ0n) is 4.83. The fourth-order valence-electron chi connectivity index (χ4n) is 0.789. The molecule has 0 amide bonds. The molecular weight excluding hydrogens is 124 g/mol. The van der Waals surface area contributed by atoms with Crippen LogP contribution in [0, 0.1) is 5.92 Å². The molecule has 0 spiro atoms. The molecule has 0 aliphatic carbocycles. The third-order valence-corrected chi connectivity index (χ3v) is 2.09. The van der Waals surface area contributed by atoms with E-state index in [4.69, 9.17) is 5.14 Å². The molecule has 0 aromatic heterocycles. The van der Waals surface area contributed by atoms with Gasteiger partial charge in [0.1, 0.15) is 0 Å². The number of nitrogens with zero attached hydrogens (tertiary/aromatic N) is 1. The summed E-state index contributed by atoms with van der Waals surface area (Å²) in [6.07, 6.45) is 0. The van der Waals surface area contributed by atoms with Gasteiger partial charge < -0.3 is 0 Å². The van der Waals surface area contributed by atoms with Gasteiger partial charge in [-0.25, -0.2) is 13.7 Å². The molecule has 1 aliphatic heterocycles. The van der Waals surface area contributed by atoms with E-state index in [2.05, 4.69) is 6.92 Å². The molecule has 3 nitrogen and oxygen atoms in total. The lowest BCUT2D eigenvalue weighted by Gasteiger charge is -2.33. The molecule has 8 heavy (non-hydrogen) atoms. The van der Waals surface area contributed by atoms with Gasteiger partial charge in [-0.05, 0) is 5.92 Å². The van der Waals surface area contributed by atoms with Crippen LogP contribution >= 0.6 is 0 Å². The zero-order valence-corrected chi connectivity index (χ0v) is 5.65. The number of hydrogen-bond donors (Lipinski definition) is 1. The average molecular weight is 134 g/mol. The van der Waals surface area contributed by atoms with Gasteiger partial charge in [0.2, 0.25) is 0 Å². The smallest absolute Gasteiger partial charge is 0.167 e. The first-order chi connectivity index (χ1) is 3.70. The van der Waals surface area contributed by atoms with Gasteiger partial charge in [-0.3, -0.25) is 0 Å². The third kappa shape index (κ3) is 1.07. The topological polar surface area (TPSA) is 46.3 Å². The van der Waals surface area contributed by atoms with E-state index in [0.717, 1.165) is 13.1 Å². The highest BCUT2D eigenvalue weighted by Gasteiger charge is 2.24. The lowest BCUT2D eigenvalue weighted by molar-refractivity contribution is 0.229. The van der Waals surface area contributed by atoms with Crippen LogP contribution in [0.5, 0.6) is 0 Å². The number of hydrogen-bond acceptors (Lipinski definition) is 1. The number of rotatable bonds is 1. The second-order valence-electron chi connectivity index (χ2n) is 2.23. The highest BCUT2D eigenvalue weighted by molar-refractivity contribution is 7.80. The Kier molecular flexibility index (Phi) is 1.65. The van der Waals surface area contributed by atoms with Gasteiger partial charge in [0.25, 0.3) is 0 Å². The molecule has 0 radical (unpaired) electrons. The average Bonchev–Trinajstić information content (AvgIpc) is 1.57. The zero-order chi connectivity index (χ0) is 6.15. The van der Waals surface area contributed by atoms with E-state index in [1.165, 1.54) is 0 Å². The van der Waals surface area contributed by atoms with E-state index < -0.39 is 11.2 Å². The van der Waals surface area contributed by atoms with Gasteiger partial charge >= 0.3 is 0 Å². The highest BCUT2D eigenvalue weighted by Crippen LogP contribution is 2.13. The van der Waals surface area contributed by atoms with Gasteiger partial charge in [0.15, 0.2) is 11.2 Å². The van der Waals surface area contributed by atoms with Crippen molar-refractivity contribution in [2.45, 2.75) is 6.92 Å². The molecule has 1 fully saturated rings. The van der Waals surface area contributed by atoms with E-state index in [9.17, 15) is 4.21 Å². The first-order valence-corrected chi connectivity index (χ1v) is 3.78. The summed E-state index contributed by atoms with van der Waals surface area (Å²) < 4.78 is 12.1. The van der Waals surface area contributed by atoms with E-state index in [1.54, 1.807) is 4.31 Å². The Bertz CT molecular complexity index is 111. The van der Waals surface area contributed by atoms with E-state index in [-0.39, 0.29) is 0 Å². The van der Waals surface area contributed by atoms with Crippen LogP contribution in [0.1, 0.15) is 6.92 Å². The van der Waals surface area contributed by atoms with Crippen molar-refractivity contribution < 1.29 is 4.21 Å². The summed E-state index contributed by atoms with van der Waals surface area (Å²) in [6.45, 7) is 3.90. The normalized spacial score (nSPS) is 27.2. The Morgan fingerprint density at radius 3 is 2.38 bits per heavy atom. The second-order valence-corrected chi connectivity index (χ2v) is 3.30. The summed E-state index contributed by atoms with van der Waals surface area (Å²) >= 11 is -1.21. The van der Waals surface area contributed by atoms with Gasteiger partial charge in [-0.2, -0.15) is 0 Å². The highest BCUT2D eigenvalue weighted by atomic mass is 32.2. The standard InChI is InChI=1S/C4H10N2OS/c1-4-2-6(3-4)8(5)7/h4H,2-3,5H2,1H3. The fourth-order valence-corrected chi connectivity index (χ4v) is 1.59. The van der Waals surface area contributed by atoms with Gasteiger partial charge in [0.05, 0.1) is 0 Å². The van der Waals surface area contributed by atoms with Crippen molar-refractivity contribution in [2.75, 3.05) is 13.1 Å². The predicted molar refractivity (Wildman–Crippen MR) is 33.1 cm³/mol. The fraction of sp³-hybridized carbons (Fsp3) is 1.00. The van der Waals surface area contributed by atoms with Gasteiger partial charge in [0, 0.05) is 13.1 Å². The predicted octanol–water partition coefficient (Wildman–Crippen LogP) is -0.525. The molecule has 1 heterocycles. The van der Waals surface area contributed by atoms with Crippen molar-refractivity contribution in [1.82, 2.24) is 4.31 Å². The van der Waals surface area contributed by atoms with Gasteiger partial charge in [-0.15, -0.1) is 0 Å². The molecule has 0 bridgehead atoms. The number of nitrogens with two attached hydrogens (primary N) is 1. The maximum absolute atomic E-state index is 10.4. The Balaban J connectivity index is 2.25. The third-order valence-electron chi connectivity index (χ3n) is 1.29.